The molecule has 0 atom stereocenters. The lowest BCUT2D eigenvalue weighted by Gasteiger charge is -2.32. The molecule has 0 unspecified atom stereocenters. The summed E-state index contributed by atoms with van der Waals surface area (Å²) in [6.45, 7) is 0. The van der Waals surface area contributed by atoms with Crippen molar-refractivity contribution >= 4 is 59.3 Å². The third-order valence-electron chi connectivity index (χ3n) is 12.1. The first-order chi connectivity index (χ1) is 27.3. The molecular weight excluding hydrogens is 683 g/mol. The Labute approximate surface area is 324 Å². The molecule has 1 heterocycles. The molecule has 0 saturated carbocycles. The minimum atomic E-state index is -0.412. The summed E-state index contributed by atoms with van der Waals surface area (Å²) < 4.78 is 2.59. The Balaban J connectivity index is 1.13. The lowest BCUT2D eigenvalue weighted by Crippen LogP contribution is -2.26. The van der Waals surface area contributed by atoms with Crippen LogP contribution in [0.3, 0.4) is 0 Å². The van der Waals surface area contributed by atoms with Crippen molar-refractivity contribution in [2.45, 2.75) is 5.41 Å². The van der Waals surface area contributed by atoms with E-state index < -0.39 is 5.41 Å². The molecule has 0 aliphatic heterocycles. The van der Waals surface area contributed by atoms with E-state index in [-0.39, 0.29) is 0 Å². The summed E-state index contributed by atoms with van der Waals surface area (Å²) in [6, 6.07) is 74.5. The summed E-state index contributed by atoms with van der Waals surface area (Å²) in [4.78, 5) is 2.53. The van der Waals surface area contributed by atoms with Crippen LogP contribution in [0.15, 0.2) is 200 Å². The smallest absolute Gasteiger partial charge is 0.0726 e. The van der Waals surface area contributed by atoms with Crippen molar-refractivity contribution in [2.24, 2.45) is 0 Å². The fraction of sp³-hybridized carbons (Fsp3) is 0.0189. The lowest BCUT2D eigenvalue weighted by atomic mass is 9.70. The van der Waals surface area contributed by atoms with Gasteiger partial charge in [-0.25, -0.2) is 0 Å². The SMILES string of the molecule is c1ccc2c(c1)-c1ccccc1C21c2ccccc2-c2c(N(c3ccc(-c4ccc5ccccc5c4)cc3)c3cccc4c3sc3ccccc34)cccc21. The highest BCUT2D eigenvalue weighted by Crippen LogP contribution is 2.64. The molecule has 1 aromatic heterocycles. The maximum Gasteiger partial charge on any atom is 0.0726 e. The number of thiophene rings is 1. The molecule has 0 fully saturated rings. The van der Waals surface area contributed by atoms with Crippen molar-refractivity contribution in [1.82, 2.24) is 0 Å². The molecule has 0 N–H and O–H groups in total. The summed E-state index contributed by atoms with van der Waals surface area (Å²) in [5, 5.41) is 5.11. The van der Waals surface area contributed by atoms with Crippen molar-refractivity contribution in [3.05, 3.63) is 222 Å². The molecular formula is C53H33NS. The number of hydrogen-bond acceptors (Lipinski definition) is 2. The van der Waals surface area contributed by atoms with Gasteiger partial charge in [-0.15, -0.1) is 11.3 Å². The molecule has 10 aromatic rings. The van der Waals surface area contributed by atoms with Crippen LogP contribution in [-0.4, -0.2) is 0 Å². The molecule has 2 aliphatic rings. The monoisotopic (exact) mass is 715 g/mol. The number of benzene rings is 9. The minimum Gasteiger partial charge on any atom is -0.308 e. The van der Waals surface area contributed by atoms with Crippen LogP contribution in [0.2, 0.25) is 0 Å². The molecule has 0 bridgehead atoms. The first-order valence-electron chi connectivity index (χ1n) is 19.0. The van der Waals surface area contributed by atoms with Crippen LogP contribution in [0.4, 0.5) is 17.1 Å². The second-order valence-electron chi connectivity index (χ2n) is 14.8. The lowest BCUT2D eigenvalue weighted by molar-refractivity contribution is 0.794. The van der Waals surface area contributed by atoms with E-state index in [9.17, 15) is 0 Å². The topological polar surface area (TPSA) is 3.24 Å². The van der Waals surface area contributed by atoms with Crippen LogP contribution in [0.25, 0.3) is 64.3 Å². The quantitative estimate of drug-likeness (QED) is 0.175. The van der Waals surface area contributed by atoms with Gasteiger partial charge < -0.3 is 4.90 Å². The van der Waals surface area contributed by atoms with Gasteiger partial charge in [0.2, 0.25) is 0 Å². The van der Waals surface area contributed by atoms with Crippen LogP contribution in [0, 0.1) is 0 Å². The Morgan fingerprint density at radius 1 is 0.382 bits per heavy atom. The standard InChI is InChI=1S/C53H33NS/c1-2-14-36-33-37(28-27-34(36)13-1)35-29-31-38(32-30-35)54(49-25-11-19-42-41-17-6-10-26-50(41)55-52(42)49)48-24-12-23-47-51(48)43-18-5-9-22-46(43)53(47)44-20-7-3-15-39(44)40-16-4-8-21-45(40)53/h1-33H. The molecule has 1 nitrogen and oxygen atoms in total. The van der Waals surface area contributed by atoms with Crippen molar-refractivity contribution < 1.29 is 0 Å². The molecule has 2 aliphatic carbocycles. The van der Waals surface area contributed by atoms with Gasteiger partial charge in [0.05, 0.1) is 21.5 Å². The van der Waals surface area contributed by atoms with Crippen LogP contribution in [0.1, 0.15) is 22.3 Å². The molecule has 2 heteroatoms. The molecule has 9 aromatic carbocycles. The zero-order chi connectivity index (χ0) is 36.1. The van der Waals surface area contributed by atoms with E-state index in [1.165, 1.54) is 98.0 Å². The van der Waals surface area contributed by atoms with Crippen LogP contribution in [-0.2, 0) is 5.41 Å². The van der Waals surface area contributed by atoms with E-state index in [2.05, 4.69) is 205 Å². The van der Waals surface area contributed by atoms with Crippen molar-refractivity contribution in [3.63, 3.8) is 0 Å². The van der Waals surface area contributed by atoms with Gasteiger partial charge in [0.15, 0.2) is 0 Å². The van der Waals surface area contributed by atoms with E-state index in [0.717, 1.165) is 5.69 Å². The first-order valence-corrected chi connectivity index (χ1v) is 19.8. The fourth-order valence-corrected chi connectivity index (χ4v) is 11.0. The predicted molar refractivity (Wildman–Crippen MR) is 233 cm³/mol. The second-order valence-corrected chi connectivity index (χ2v) is 15.8. The Hall–Kier alpha value is -6.74. The molecule has 1 spiro atoms. The van der Waals surface area contributed by atoms with Crippen molar-refractivity contribution in [2.75, 3.05) is 4.90 Å². The maximum absolute atomic E-state index is 2.53. The number of rotatable bonds is 4. The maximum atomic E-state index is 2.53. The first kappa shape index (κ1) is 30.7. The highest BCUT2D eigenvalue weighted by atomic mass is 32.1. The number of anilines is 3. The van der Waals surface area contributed by atoms with Gasteiger partial charge in [-0.2, -0.15) is 0 Å². The van der Waals surface area contributed by atoms with Crippen molar-refractivity contribution in [3.8, 4) is 33.4 Å². The minimum absolute atomic E-state index is 0.412. The van der Waals surface area contributed by atoms with Crippen LogP contribution >= 0.6 is 11.3 Å². The van der Waals surface area contributed by atoms with Gasteiger partial charge in [0.1, 0.15) is 0 Å². The molecule has 256 valence electrons. The molecule has 12 rings (SSSR count). The summed E-state index contributed by atoms with van der Waals surface area (Å²) in [6.07, 6.45) is 0. The summed E-state index contributed by atoms with van der Waals surface area (Å²) >= 11 is 1.88. The number of hydrogen-bond donors (Lipinski definition) is 0. The third-order valence-corrected chi connectivity index (χ3v) is 13.3. The van der Waals surface area contributed by atoms with Crippen molar-refractivity contribution in [1.29, 1.82) is 0 Å². The fourth-order valence-electron chi connectivity index (χ4n) is 9.80. The summed E-state index contributed by atoms with van der Waals surface area (Å²) in [5.41, 5.74) is 16.2. The van der Waals surface area contributed by atoms with E-state index in [0.29, 0.717) is 0 Å². The van der Waals surface area contributed by atoms with E-state index >= 15 is 0 Å². The average molecular weight is 716 g/mol. The molecule has 0 radical (unpaired) electrons. The molecule has 0 amide bonds. The summed E-state index contributed by atoms with van der Waals surface area (Å²) in [7, 11) is 0. The molecule has 0 saturated heterocycles. The molecule has 55 heavy (non-hydrogen) atoms. The predicted octanol–water partition coefficient (Wildman–Crippen LogP) is 14.7. The second kappa shape index (κ2) is 11.6. The van der Waals surface area contributed by atoms with Crippen LogP contribution < -0.4 is 4.90 Å². The van der Waals surface area contributed by atoms with E-state index in [4.69, 9.17) is 0 Å². The Morgan fingerprint density at radius 3 is 1.73 bits per heavy atom. The van der Waals surface area contributed by atoms with Gasteiger partial charge in [0, 0.05) is 26.7 Å². The largest absolute Gasteiger partial charge is 0.308 e. The van der Waals surface area contributed by atoms with E-state index in [1.807, 2.05) is 11.3 Å². The Kier molecular flexibility index (Phi) is 6.49. The average Bonchev–Trinajstić information content (AvgIpc) is 3.89. The summed E-state index contributed by atoms with van der Waals surface area (Å²) in [5.74, 6) is 0. The number of nitrogens with zero attached hydrogens (tertiary/aromatic N) is 1. The highest BCUT2D eigenvalue weighted by Gasteiger charge is 2.52. The third kappa shape index (κ3) is 4.23. The number of fused-ring (bicyclic) bond motifs is 14. The van der Waals surface area contributed by atoms with Gasteiger partial charge in [-0.05, 0) is 97.2 Å². The zero-order valence-corrected chi connectivity index (χ0v) is 30.7. The van der Waals surface area contributed by atoms with Gasteiger partial charge in [0.25, 0.3) is 0 Å². The zero-order valence-electron chi connectivity index (χ0n) is 29.9. The Bertz CT molecular complexity index is 3120. The normalized spacial score (nSPS) is 13.2. The van der Waals surface area contributed by atoms with Gasteiger partial charge in [-0.1, -0.05) is 164 Å². The van der Waals surface area contributed by atoms with Gasteiger partial charge >= 0.3 is 0 Å². The highest BCUT2D eigenvalue weighted by molar-refractivity contribution is 7.26. The van der Waals surface area contributed by atoms with Crippen LogP contribution in [0.5, 0.6) is 0 Å². The van der Waals surface area contributed by atoms with E-state index in [1.54, 1.807) is 0 Å². The van der Waals surface area contributed by atoms with Gasteiger partial charge in [-0.3, -0.25) is 0 Å². The Morgan fingerprint density at radius 2 is 0.945 bits per heavy atom.